The highest BCUT2D eigenvalue weighted by atomic mass is 16.5. The summed E-state index contributed by atoms with van der Waals surface area (Å²) < 4.78 is 15.9. The highest BCUT2D eigenvalue weighted by molar-refractivity contribution is 6.29. The van der Waals surface area contributed by atoms with Crippen molar-refractivity contribution in [2.75, 3.05) is 33.2 Å². The largest absolute Gasteiger partial charge is 0.497 e. The number of rotatable bonds is 11. The lowest BCUT2D eigenvalue weighted by Gasteiger charge is -2.14. The van der Waals surface area contributed by atoms with Crippen LogP contribution in [0.5, 0.6) is 17.2 Å². The minimum Gasteiger partial charge on any atom is -0.497 e. The number of nitrogens with one attached hydrogen (secondary N) is 2. The third-order valence-electron chi connectivity index (χ3n) is 6.32. The molecule has 7 heteroatoms. The van der Waals surface area contributed by atoms with Gasteiger partial charge in [0.2, 0.25) is 0 Å². The minimum atomic E-state index is -0.326. The maximum absolute atomic E-state index is 13.6. The number of benzene rings is 4. The van der Waals surface area contributed by atoms with Gasteiger partial charge in [-0.25, -0.2) is 0 Å². The van der Waals surface area contributed by atoms with E-state index in [1.807, 2.05) is 78.9 Å². The molecule has 0 spiro atoms. The highest BCUT2D eigenvalue weighted by Gasteiger charge is 2.17. The average molecular weight is 537 g/mol. The first-order valence-corrected chi connectivity index (χ1v) is 12.8. The van der Waals surface area contributed by atoms with Gasteiger partial charge in [-0.15, -0.1) is 0 Å². The van der Waals surface area contributed by atoms with Crippen LogP contribution < -0.4 is 24.8 Å². The first-order valence-electron chi connectivity index (χ1n) is 12.8. The van der Waals surface area contributed by atoms with E-state index < -0.39 is 0 Å². The molecule has 0 aliphatic rings. The van der Waals surface area contributed by atoms with Gasteiger partial charge in [0.25, 0.3) is 11.8 Å². The molecular weight excluding hydrogens is 504 g/mol. The molecule has 4 aromatic carbocycles. The number of carbonyl (C=O) groups excluding carboxylic acids is 2. The first-order chi connectivity index (χ1) is 19.5. The summed E-state index contributed by atoms with van der Waals surface area (Å²) in [6.07, 6.45) is 2.42. The van der Waals surface area contributed by atoms with E-state index in [9.17, 15) is 9.59 Å². The van der Waals surface area contributed by atoms with E-state index >= 15 is 0 Å². The molecule has 4 aromatic rings. The topological polar surface area (TPSA) is 85.9 Å². The van der Waals surface area contributed by atoms with E-state index in [0.717, 1.165) is 22.4 Å². The Kier molecular flexibility index (Phi) is 9.56. The Bertz CT molecular complexity index is 1480. The number of para-hydroxylation sites is 1. The number of amides is 2. The maximum atomic E-state index is 13.6. The lowest BCUT2D eigenvalue weighted by atomic mass is 10.0. The molecule has 4 rings (SSSR count). The van der Waals surface area contributed by atoms with Crippen molar-refractivity contribution in [2.24, 2.45) is 0 Å². The number of carbonyl (C=O) groups is 2. The predicted octanol–water partition coefficient (Wildman–Crippen LogP) is 5.86. The molecule has 204 valence electrons. The second-order valence-corrected chi connectivity index (χ2v) is 8.89. The molecule has 0 aromatic heterocycles. The molecule has 0 aliphatic carbocycles. The van der Waals surface area contributed by atoms with Crippen molar-refractivity contribution >= 4 is 29.2 Å². The third-order valence-corrected chi connectivity index (χ3v) is 6.32. The molecule has 2 amide bonds. The Hall–Kier alpha value is -5.04. The van der Waals surface area contributed by atoms with Crippen LogP contribution in [0.2, 0.25) is 0 Å². The van der Waals surface area contributed by atoms with Crippen molar-refractivity contribution in [3.05, 3.63) is 119 Å². The molecule has 0 radical (unpaired) electrons. The molecular formula is C33H32N2O5. The van der Waals surface area contributed by atoms with Crippen LogP contribution in [-0.4, -0.2) is 39.7 Å². The molecule has 0 heterocycles. The molecule has 2 N–H and O–H groups in total. The summed E-state index contributed by atoms with van der Waals surface area (Å²) in [4.78, 5) is 26.7. The molecule has 0 unspecified atom stereocenters. The Morgan fingerprint density at radius 1 is 0.750 bits per heavy atom. The standard InChI is InChI=1S/C33H32N2O5/c1-38-26-16-13-23(14-17-26)21-28(25-9-5-4-6-10-25)33(37)35-29-12-8-7-11-27(29)32(36)34-20-19-24-15-18-30(39-2)31(22-24)40-3/h4-18,21-22H,19-20H2,1-3H3,(H,34,36)(H,35,37)/b28-21+. The smallest absolute Gasteiger partial charge is 0.256 e. The molecule has 0 fully saturated rings. The molecule has 0 aliphatic heterocycles. The van der Waals surface area contributed by atoms with Gasteiger partial charge in [-0.05, 0) is 65.6 Å². The summed E-state index contributed by atoms with van der Waals surface area (Å²) in [5, 5.41) is 5.90. The molecule has 0 saturated carbocycles. The summed E-state index contributed by atoms with van der Waals surface area (Å²) in [7, 11) is 4.78. The Morgan fingerprint density at radius 3 is 2.15 bits per heavy atom. The highest BCUT2D eigenvalue weighted by Crippen LogP contribution is 2.28. The molecule has 0 bridgehead atoms. The molecule has 40 heavy (non-hydrogen) atoms. The zero-order chi connectivity index (χ0) is 28.3. The van der Waals surface area contributed by atoms with E-state index in [-0.39, 0.29) is 11.8 Å². The summed E-state index contributed by atoms with van der Waals surface area (Å²) in [5.74, 6) is 1.41. The lowest BCUT2D eigenvalue weighted by Crippen LogP contribution is -2.27. The van der Waals surface area contributed by atoms with Gasteiger partial charge in [-0.1, -0.05) is 60.7 Å². The second kappa shape index (κ2) is 13.7. The van der Waals surface area contributed by atoms with Gasteiger partial charge < -0.3 is 24.8 Å². The molecule has 0 saturated heterocycles. The molecule has 0 atom stereocenters. The average Bonchev–Trinajstić information content (AvgIpc) is 3.00. The number of hydrogen-bond acceptors (Lipinski definition) is 5. The van der Waals surface area contributed by atoms with E-state index in [1.54, 1.807) is 45.6 Å². The summed E-state index contributed by atoms with van der Waals surface area (Å²) in [5.41, 5.74) is 3.86. The fourth-order valence-electron chi connectivity index (χ4n) is 4.20. The number of ether oxygens (including phenoxy) is 3. The van der Waals surface area contributed by atoms with Crippen molar-refractivity contribution in [1.29, 1.82) is 0 Å². The first kappa shape index (κ1) is 28.0. The summed E-state index contributed by atoms with van der Waals surface area (Å²) in [6, 6.07) is 29.5. The van der Waals surface area contributed by atoms with Gasteiger partial charge in [0.05, 0.1) is 32.6 Å². The zero-order valence-corrected chi connectivity index (χ0v) is 22.8. The minimum absolute atomic E-state index is 0.281. The van der Waals surface area contributed by atoms with Gasteiger partial charge in [-0.3, -0.25) is 9.59 Å². The van der Waals surface area contributed by atoms with Crippen LogP contribution in [-0.2, 0) is 11.2 Å². The third kappa shape index (κ3) is 7.08. The van der Waals surface area contributed by atoms with E-state index in [1.165, 1.54) is 0 Å². The predicted molar refractivity (Wildman–Crippen MR) is 158 cm³/mol. The van der Waals surface area contributed by atoms with Gasteiger partial charge in [0, 0.05) is 12.1 Å². The van der Waals surface area contributed by atoms with Gasteiger partial charge in [0.15, 0.2) is 11.5 Å². The SMILES string of the molecule is COc1ccc(/C=C(/C(=O)Nc2ccccc2C(=O)NCCc2ccc(OC)c(OC)c2)c2ccccc2)cc1. The van der Waals surface area contributed by atoms with Crippen molar-refractivity contribution in [1.82, 2.24) is 5.32 Å². The number of anilines is 1. The maximum Gasteiger partial charge on any atom is 0.256 e. The van der Waals surface area contributed by atoms with Gasteiger partial charge >= 0.3 is 0 Å². The van der Waals surface area contributed by atoms with Crippen LogP contribution in [0.1, 0.15) is 27.0 Å². The summed E-state index contributed by atoms with van der Waals surface area (Å²) in [6.45, 7) is 0.406. The van der Waals surface area contributed by atoms with E-state index in [0.29, 0.717) is 41.3 Å². The van der Waals surface area contributed by atoms with Crippen LogP contribution in [0.3, 0.4) is 0 Å². The number of hydrogen-bond donors (Lipinski definition) is 2. The number of methoxy groups -OCH3 is 3. The molecule has 7 nitrogen and oxygen atoms in total. The van der Waals surface area contributed by atoms with Crippen LogP contribution in [0.15, 0.2) is 97.1 Å². The Morgan fingerprint density at radius 2 is 1.45 bits per heavy atom. The second-order valence-electron chi connectivity index (χ2n) is 8.89. The fourth-order valence-corrected chi connectivity index (χ4v) is 4.20. The van der Waals surface area contributed by atoms with Gasteiger partial charge in [0.1, 0.15) is 5.75 Å². The van der Waals surface area contributed by atoms with Crippen molar-refractivity contribution < 1.29 is 23.8 Å². The zero-order valence-electron chi connectivity index (χ0n) is 22.8. The quantitative estimate of drug-likeness (QED) is 0.185. The monoisotopic (exact) mass is 536 g/mol. The normalized spacial score (nSPS) is 10.9. The van der Waals surface area contributed by atoms with Crippen LogP contribution >= 0.6 is 0 Å². The van der Waals surface area contributed by atoms with Crippen LogP contribution in [0, 0.1) is 0 Å². The van der Waals surface area contributed by atoms with Crippen LogP contribution in [0.25, 0.3) is 11.6 Å². The fraction of sp³-hybridized carbons (Fsp3) is 0.152. The van der Waals surface area contributed by atoms with Crippen molar-refractivity contribution in [2.45, 2.75) is 6.42 Å². The Labute approximate surface area is 234 Å². The lowest BCUT2D eigenvalue weighted by molar-refractivity contribution is -0.111. The van der Waals surface area contributed by atoms with E-state index in [4.69, 9.17) is 14.2 Å². The van der Waals surface area contributed by atoms with Crippen LogP contribution in [0.4, 0.5) is 5.69 Å². The van der Waals surface area contributed by atoms with E-state index in [2.05, 4.69) is 10.6 Å². The summed E-state index contributed by atoms with van der Waals surface area (Å²) >= 11 is 0. The van der Waals surface area contributed by atoms with Crippen molar-refractivity contribution in [3.8, 4) is 17.2 Å². The van der Waals surface area contributed by atoms with Crippen molar-refractivity contribution in [3.63, 3.8) is 0 Å². The van der Waals surface area contributed by atoms with Gasteiger partial charge in [-0.2, -0.15) is 0 Å². The Balaban J connectivity index is 1.50.